The molecule has 0 saturated carbocycles. The predicted molar refractivity (Wildman–Crippen MR) is 90.5 cm³/mol. The second kappa shape index (κ2) is 9.04. The lowest BCUT2D eigenvalue weighted by Crippen LogP contribution is -2.42. The van der Waals surface area contributed by atoms with Crippen LogP contribution in [0.5, 0.6) is 0 Å². The Balaban J connectivity index is 1.99. The molecule has 0 fully saturated rings. The topological polar surface area (TPSA) is 113 Å². The van der Waals surface area contributed by atoms with E-state index in [0.717, 1.165) is 11.1 Å². The average molecular weight is 325 g/mol. The molecule has 4 N–H and O–H groups in total. The summed E-state index contributed by atoms with van der Waals surface area (Å²) in [5.74, 6) is 5.28. The van der Waals surface area contributed by atoms with Gasteiger partial charge in [0, 0.05) is 6.42 Å². The van der Waals surface area contributed by atoms with E-state index in [9.17, 15) is 4.79 Å². The van der Waals surface area contributed by atoms with E-state index < -0.39 is 12.1 Å². The van der Waals surface area contributed by atoms with E-state index in [-0.39, 0.29) is 12.4 Å². The van der Waals surface area contributed by atoms with Crippen molar-refractivity contribution in [2.24, 2.45) is 16.1 Å². The number of hydrazone groups is 1. The zero-order valence-electron chi connectivity index (χ0n) is 13.1. The lowest BCUT2D eigenvalue weighted by atomic mass is 10.1. The van der Waals surface area contributed by atoms with Crippen molar-refractivity contribution < 1.29 is 9.53 Å². The Labute approximate surface area is 140 Å². The van der Waals surface area contributed by atoms with Crippen LogP contribution in [0.4, 0.5) is 4.79 Å². The maximum Gasteiger partial charge on any atom is 0.408 e. The van der Waals surface area contributed by atoms with E-state index in [4.69, 9.17) is 16.1 Å². The predicted octanol–water partition coefficient (Wildman–Crippen LogP) is 2.83. The molecule has 0 aromatic heterocycles. The van der Waals surface area contributed by atoms with E-state index in [1.165, 1.54) is 0 Å². The number of hydrogen-bond donors (Lipinski definition) is 3. The number of amides is 1. The minimum absolute atomic E-state index is 0.0236. The lowest BCUT2D eigenvalue weighted by molar-refractivity contribution is 0.138. The first-order valence-electron chi connectivity index (χ1n) is 7.39. The number of rotatable bonds is 6. The highest BCUT2D eigenvalue weighted by atomic mass is 16.5. The van der Waals surface area contributed by atoms with Gasteiger partial charge in [-0.25, -0.2) is 10.3 Å². The van der Waals surface area contributed by atoms with Gasteiger partial charge in [0.25, 0.3) is 0 Å². The summed E-state index contributed by atoms with van der Waals surface area (Å²) in [4.78, 5) is 12.0. The first kappa shape index (κ1) is 17.1. The summed E-state index contributed by atoms with van der Waals surface area (Å²) in [6.07, 6.45) is -0.218. The standard InChI is InChI=1S/C17H19N5O2/c18-21-16(22-19)15(11-13-7-3-1-4-8-13)20-17(23)24-12-14-9-5-2-6-10-14/h1-10,15,18H,11-12,19H2,(H,20,23)/b21-18?,22-16-/t15-/m0/s1. The van der Waals surface area contributed by atoms with Gasteiger partial charge in [-0.2, -0.15) is 5.10 Å². The van der Waals surface area contributed by atoms with Gasteiger partial charge in [-0.1, -0.05) is 60.7 Å². The van der Waals surface area contributed by atoms with Crippen LogP contribution in [-0.2, 0) is 17.8 Å². The molecule has 2 rings (SSSR count). The van der Waals surface area contributed by atoms with Crippen LogP contribution in [0.2, 0.25) is 0 Å². The summed E-state index contributed by atoms with van der Waals surface area (Å²) in [6.45, 7) is 0.151. The highest BCUT2D eigenvalue weighted by Crippen LogP contribution is 2.07. The van der Waals surface area contributed by atoms with Gasteiger partial charge in [0.2, 0.25) is 0 Å². The molecule has 2 aromatic carbocycles. The van der Waals surface area contributed by atoms with Crippen LogP contribution >= 0.6 is 0 Å². The minimum atomic E-state index is -0.641. The van der Waals surface area contributed by atoms with Gasteiger partial charge in [-0.15, -0.1) is 5.11 Å². The lowest BCUT2D eigenvalue weighted by Gasteiger charge is -2.17. The van der Waals surface area contributed by atoms with Crippen LogP contribution in [0.15, 0.2) is 70.9 Å². The molecule has 0 unspecified atom stereocenters. The number of alkyl carbamates (subject to hydrolysis) is 1. The molecule has 0 aliphatic heterocycles. The smallest absolute Gasteiger partial charge is 0.408 e. The first-order valence-corrected chi connectivity index (χ1v) is 7.39. The molecule has 0 aliphatic carbocycles. The van der Waals surface area contributed by atoms with Gasteiger partial charge < -0.3 is 15.9 Å². The summed E-state index contributed by atoms with van der Waals surface area (Å²) < 4.78 is 5.19. The van der Waals surface area contributed by atoms with Gasteiger partial charge in [0.1, 0.15) is 6.61 Å². The highest BCUT2D eigenvalue weighted by molar-refractivity contribution is 5.90. The van der Waals surface area contributed by atoms with Crippen LogP contribution < -0.4 is 11.2 Å². The molecule has 7 heteroatoms. The maximum absolute atomic E-state index is 12.0. The summed E-state index contributed by atoms with van der Waals surface area (Å²) in [7, 11) is 0. The van der Waals surface area contributed by atoms with Gasteiger partial charge in [0.15, 0.2) is 5.84 Å². The van der Waals surface area contributed by atoms with E-state index in [1.54, 1.807) is 0 Å². The summed E-state index contributed by atoms with van der Waals surface area (Å²) in [5.41, 5.74) is 8.99. The SMILES string of the molecule is N=N/C(=N\N)[C@H](Cc1ccccc1)NC(=O)OCc1ccccc1. The quantitative estimate of drug-likeness (QED) is 0.249. The third-order valence-corrected chi connectivity index (χ3v) is 3.35. The normalized spacial score (nSPS) is 12.2. The highest BCUT2D eigenvalue weighted by Gasteiger charge is 2.20. The number of amidine groups is 1. The molecule has 7 nitrogen and oxygen atoms in total. The molecule has 0 aliphatic rings. The Hall–Kier alpha value is -3.22. The van der Waals surface area contributed by atoms with Crippen LogP contribution in [0.25, 0.3) is 0 Å². The molecule has 1 atom stereocenters. The van der Waals surface area contributed by atoms with E-state index >= 15 is 0 Å². The number of nitrogens with two attached hydrogens (primary N) is 1. The fourth-order valence-electron chi connectivity index (χ4n) is 2.16. The second-order valence-electron chi connectivity index (χ2n) is 5.05. The average Bonchev–Trinajstić information content (AvgIpc) is 2.63. The Bertz CT molecular complexity index is 689. The van der Waals surface area contributed by atoms with Gasteiger partial charge in [-0.05, 0) is 11.1 Å². The molecule has 0 spiro atoms. The van der Waals surface area contributed by atoms with E-state index in [0.29, 0.717) is 6.42 Å². The fourth-order valence-corrected chi connectivity index (χ4v) is 2.16. The number of benzene rings is 2. The number of ether oxygens (including phenoxy) is 1. The van der Waals surface area contributed by atoms with Crippen LogP contribution in [-0.4, -0.2) is 18.0 Å². The molecule has 0 bridgehead atoms. The van der Waals surface area contributed by atoms with Crippen molar-refractivity contribution in [3.8, 4) is 0 Å². The molecule has 124 valence electrons. The van der Waals surface area contributed by atoms with Crippen molar-refractivity contribution in [2.45, 2.75) is 19.1 Å². The Morgan fingerprint density at radius 2 is 1.67 bits per heavy atom. The van der Waals surface area contributed by atoms with Gasteiger partial charge in [0.05, 0.1) is 6.04 Å². The molecular weight excluding hydrogens is 306 g/mol. The zero-order valence-corrected chi connectivity index (χ0v) is 13.1. The molecule has 1 amide bonds. The van der Waals surface area contributed by atoms with Crippen molar-refractivity contribution in [1.82, 2.24) is 5.32 Å². The zero-order chi connectivity index (χ0) is 17.2. The number of carbonyl (C=O) groups is 1. The van der Waals surface area contributed by atoms with Crippen molar-refractivity contribution in [3.63, 3.8) is 0 Å². The van der Waals surface area contributed by atoms with Crippen molar-refractivity contribution >= 4 is 11.9 Å². The molecule has 0 radical (unpaired) electrons. The molecule has 24 heavy (non-hydrogen) atoms. The van der Waals surface area contributed by atoms with E-state index in [1.807, 2.05) is 60.7 Å². The molecule has 0 saturated heterocycles. The van der Waals surface area contributed by atoms with Crippen molar-refractivity contribution in [1.29, 1.82) is 5.53 Å². The second-order valence-corrected chi connectivity index (χ2v) is 5.05. The Morgan fingerprint density at radius 1 is 1.08 bits per heavy atom. The Kier molecular flexibility index (Phi) is 6.46. The van der Waals surface area contributed by atoms with Crippen LogP contribution in [0.3, 0.4) is 0 Å². The Morgan fingerprint density at radius 3 is 2.21 bits per heavy atom. The largest absolute Gasteiger partial charge is 0.445 e. The third-order valence-electron chi connectivity index (χ3n) is 3.35. The fraction of sp³-hybridized carbons (Fsp3) is 0.176. The van der Waals surface area contributed by atoms with E-state index in [2.05, 4.69) is 15.5 Å². The molecule has 2 aromatic rings. The van der Waals surface area contributed by atoms with Crippen LogP contribution in [0.1, 0.15) is 11.1 Å². The molecule has 0 heterocycles. The minimum Gasteiger partial charge on any atom is -0.445 e. The number of nitrogens with zero attached hydrogens (tertiary/aromatic N) is 2. The number of carbonyl (C=O) groups excluding carboxylic acids is 1. The monoisotopic (exact) mass is 325 g/mol. The summed E-state index contributed by atoms with van der Waals surface area (Å²) >= 11 is 0. The summed E-state index contributed by atoms with van der Waals surface area (Å²) in [5, 5.41) is 9.40. The third kappa shape index (κ3) is 5.20. The summed E-state index contributed by atoms with van der Waals surface area (Å²) in [6, 6.07) is 18.2. The number of nitrogens with one attached hydrogen (secondary N) is 2. The van der Waals surface area contributed by atoms with Gasteiger partial charge >= 0.3 is 6.09 Å². The first-order chi connectivity index (χ1) is 11.7. The maximum atomic E-state index is 12.0. The van der Waals surface area contributed by atoms with Gasteiger partial charge in [-0.3, -0.25) is 0 Å². The van der Waals surface area contributed by atoms with Crippen LogP contribution in [0, 0.1) is 5.53 Å². The molecular formula is C17H19N5O2. The van der Waals surface area contributed by atoms with Crippen molar-refractivity contribution in [2.75, 3.05) is 0 Å². The number of hydrogen-bond acceptors (Lipinski definition) is 5. The van der Waals surface area contributed by atoms with Crippen molar-refractivity contribution in [3.05, 3.63) is 71.8 Å².